The van der Waals surface area contributed by atoms with Gasteiger partial charge in [0.05, 0.1) is 0 Å². The number of thiophene rings is 1. The van der Waals surface area contributed by atoms with Crippen molar-refractivity contribution in [3.63, 3.8) is 0 Å². The second-order valence-electron chi connectivity index (χ2n) is 5.24. The minimum Gasteiger partial charge on any atom is -0.316 e. The van der Waals surface area contributed by atoms with Crippen LogP contribution in [-0.2, 0) is 12.8 Å². The van der Waals surface area contributed by atoms with E-state index in [0.717, 1.165) is 32.4 Å². The minimum absolute atomic E-state index is 0.160. The van der Waals surface area contributed by atoms with Crippen molar-refractivity contribution in [1.29, 1.82) is 0 Å². The van der Waals surface area contributed by atoms with Crippen molar-refractivity contribution in [2.45, 2.75) is 26.2 Å². The summed E-state index contributed by atoms with van der Waals surface area (Å²) < 4.78 is 13.0. The van der Waals surface area contributed by atoms with E-state index in [-0.39, 0.29) is 5.82 Å². The normalized spacial score (nSPS) is 12.5. The van der Waals surface area contributed by atoms with Crippen LogP contribution >= 0.6 is 11.3 Å². The Morgan fingerprint density at radius 3 is 2.50 bits per heavy atom. The Labute approximate surface area is 124 Å². The largest absolute Gasteiger partial charge is 0.316 e. The van der Waals surface area contributed by atoms with Crippen molar-refractivity contribution in [2.24, 2.45) is 5.92 Å². The van der Waals surface area contributed by atoms with Crippen LogP contribution in [-0.4, -0.2) is 13.1 Å². The Hall–Kier alpha value is -1.19. The molecule has 0 spiro atoms. The first kappa shape index (κ1) is 15.2. The van der Waals surface area contributed by atoms with Crippen LogP contribution in [0.15, 0.2) is 41.1 Å². The summed E-state index contributed by atoms with van der Waals surface area (Å²) in [6, 6.07) is 9.10. The van der Waals surface area contributed by atoms with Crippen LogP contribution in [0.2, 0.25) is 0 Å². The maximum Gasteiger partial charge on any atom is 0.123 e. The highest BCUT2D eigenvalue weighted by Crippen LogP contribution is 2.17. The van der Waals surface area contributed by atoms with Gasteiger partial charge in [0.2, 0.25) is 0 Å². The number of hydrogen-bond donors (Lipinski definition) is 1. The molecule has 1 unspecified atom stereocenters. The van der Waals surface area contributed by atoms with E-state index in [1.807, 2.05) is 12.1 Å². The van der Waals surface area contributed by atoms with Crippen LogP contribution in [0, 0.1) is 11.7 Å². The van der Waals surface area contributed by atoms with Gasteiger partial charge in [-0.25, -0.2) is 4.39 Å². The lowest BCUT2D eigenvalue weighted by atomic mass is 9.93. The van der Waals surface area contributed by atoms with E-state index in [1.165, 1.54) is 11.1 Å². The van der Waals surface area contributed by atoms with E-state index in [0.29, 0.717) is 5.92 Å². The molecule has 0 aliphatic heterocycles. The molecule has 20 heavy (non-hydrogen) atoms. The molecule has 1 nitrogen and oxygen atoms in total. The third kappa shape index (κ3) is 5.06. The third-order valence-electron chi connectivity index (χ3n) is 3.40. The minimum atomic E-state index is -0.160. The lowest BCUT2D eigenvalue weighted by Gasteiger charge is -2.17. The zero-order valence-electron chi connectivity index (χ0n) is 11.9. The molecule has 0 aliphatic rings. The van der Waals surface area contributed by atoms with E-state index in [4.69, 9.17) is 0 Å². The summed E-state index contributed by atoms with van der Waals surface area (Å²) in [5.41, 5.74) is 2.62. The second-order valence-corrected chi connectivity index (χ2v) is 6.02. The van der Waals surface area contributed by atoms with Crippen LogP contribution in [0.4, 0.5) is 4.39 Å². The van der Waals surface area contributed by atoms with Gasteiger partial charge in [0.15, 0.2) is 0 Å². The van der Waals surface area contributed by atoms with Gasteiger partial charge in [-0.15, -0.1) is 0 Å². The summed E-state index contributed by atoms with van der Waals surface area (Å²) >= 11 is 1.75. The molecular formula is C17H22FNS. The van der Waals surface area contributed by atoms with Crippen LogP contribution in [0.25, 0.3) is 0 Å². The van der Waals surface area contributed by atoms with Crippen molar-refractivity contribution in [3.8, 4) is 0 Å². The summed E-state index contributed by atoms with van der Waals surface area (Å²) in [5.74, 6) is 0.397. The first-order valence-corrected chi connectivity index (χ1v) is 8.18. The van der Waals surface area contributed by atoms with Crippen molar-refractivity contribution >= 4 is 11.3 Å². The fraction of sp³-hybridized carbons (Fsp3) is 0.412. The van der Waals surface area contributed by atoms with E-state index >= 15 is 0 Å². The van der Waals surface area contributed by atoms with Gasteiger partial charge >= 0.3 is 0 Å². The predicted octanol–water partition coefficient (Wildman–Crippen LogP) is 4.29. The van der Waals surface area contributed by atoms with E-state index in [2.05, 4.69) is 29.1 Å². The first-order chi connectivity index (χ1) is 9.78. The zero-order chi connectivity index (χ0) is 14.2. The van der Waals surface area contributed by atoms with E-state index in [1.54, 1.807) is 23.5 Å². The quantitative estimate of drug-likeness (QED) is 0.716. The maximum absolute atomic E-state index is 13.0. The molecule has 2 aromatic rings. The summed E-state index contributed by atoms with van der Waals surface area (Å²) in [6.07, 6.45) is 3.23. The smallest absolute Gasteiger partial charge is 0.123 e. The van der Waals surface area contributed by atoms with Gasteiger partial charge in [-0.3, -0.25) is 0 Å². The molecule has 1 heterocycles. The van der Waals surface area contributed by atoms with Crippen LogP contribution in [0.1, 0.15) is 24.5 Å². The van der Waals surface area contributed by atoms with E-state index in [9.17, 15) is 4.39 Å². The topological polar surface area (TPSA) is 12.0 Å². The van der Waals surface area contributed by atoms with Crippen LogP contribution < -0.4 is 5.32 Å². The van der Waals surface area contributed by atoms with Crippen molar-refractivity contribution in [3.05, 3.63) is 58.0 Å². The predicted molar refractivity (Wildman–Crippen MR) is 84.8 cm³/mol. The molecule has 0 saturated heterocycles. The molecule has 0 bridgehead atoms. The molecule has 2 rings (SSSR count). The van der Waals surface area contributed by atoms with Crippen molar-refractivity contribution < 1.29 is 4.39 Å². The van der Waals surface area contributed by atoms with Gasteiger partial charge in [-0.05, 0) is 78.4 Å². The number of hydrogen-bond acceptors (Lipinski definition) is 2. The number of benzene rings is 1. The van der Waals surface area contributed by atoms with Crippen molar-refractivity contribution in [1.82, 2.24) is 5.32 Å². The summed E-state index contributed by atoms with van der Waals surface area (Å²) in [5, 5.41) is 7.86. The summed E-state index contributed by atoms with van der Waals surface area (Å²) in [4.78, 5) is 0. The zero-order valence-corrected chi connectivity index (χ0v) is 12.8. The molecule has 1 N–H and O–H groups in total. The molecule has 1 aromatic carbocycles. The van der Waals surface area contributed by atoms with E-state index < -0.39 is 0 Å². The van der Waals surface area contributed by atoms with Gasteiger partial charge in [0, 0.05) is 0 Å². The van der Waals surface area contributed by atoms with Gasteiger partial charge in [0.1, 0.15) is 5.82 Å². The van der Waals surface area contributed by atoms with Crippen molar-refractivity contribution in [2.75, 3.05) is 13.1 Å². The monoisotopic (exact) mass is 291 g/mol. The Balaban J connectivity index is 1.95. The van der Waals surface area contributed by atoms with Gasteiger partial charge in [0.25, 0.3) is 0 Å². The Morgan fingerprint density at radius 1 is 1.10 bits per heavy atom. The third-order valence-corrected chi connectivity index (χ3v) is 4.13. The van der Waals surface area contributed by atoms with Gasteiger partial charge in [-0.2, -0.15) is 11.3 Å². The Morgan fingerprint density at radius 2 is 1.85 bits per heavy atom. The average Bonchev–Trinajstić information content (AvgIpc) is 2.94. The fourth-order valence-electron chi connectivity index (χ4n) is 2.40. The summed E-state index contributed by atoms with van der Waals surface area (Å²) in [7, 11) is 0. The lowest BCUT2D eigenvalue weighted by Crippen LogP contribution is -2.26. The van der Waals surface area contributed by atoms with Crippen LogP contribution in [0.5, 0.6) is 0 Å². The fourth-order valence-corrected chi connectivity index (χ4v) is 3.08. The highest BCUT2D eigenvalue weighted by molar-refractivity contribution is 7.07. The lowest BCUT2D eigenvalue weighted by molar-refractivity contribution is 0.471. The SMILES string of the molecule is CCCNCC(Cc1ccc(F)cc1)Cc1ccsc1. The maximum atomic E-state index is 13.0. The molecule has 1 atom stereocenters. The van der Waals surface area contributed by atoms with Gasteiger partial charge < -0.3 is 5.32 Å². The first-order valence-electron chi connectivity index (χ1n) is 7.24. The molecule has 108 valence electrons. The van der Waals surface area contributed by atoms with Gasteiger partial charge in [-0.1, -0.05) is 19.1 Å². The second kappa shape index (κ2) is 8.18. The highest BCUT2D eigenvalue weighted by atomic mass is 32.1. The molecule has 1 aromatic heterocycles. The molecule has 0 fully saturated rings. The Bertz CT molecular complexity index is 478. The standard InChI is InChI=1S/C17H22FNS/c1-2-8-19-12-16(11-15-7-9-20-13-15)10-14-3-5-17(18)6-4-14/h3-7,9,13,16,19H,2,8,10-12H2,1H3. The summed E-state index contributed by atoms with van der Waals surface area (Å²) in [6.45, 7) is 4.26. The average molecular weight is 291 g/mol. The number of rotatable bonds is 8. The molecule has 0 saturated carbocycles. The van der Waals surface area contributed by atoms with Crippen LogP contribution in [0.3, 0.4) is 0 Å². The number of nitrogens with one attached hydrogen (secondary N) is 1. The Kier molecular flexibility index (Phi) is 6.22. The molecule has 0 radical (unpaired) electrons. The molecular weight excluding hydrogens is 269 g/mol. The number of halogens is 1. The molecule has 3 heteroatoms. The molecule has 0 aliphatic carbocycles. The highest BCUT2D eigenvalue weighted by Gasteiger charge is 2.11. The molecule has 0 amide bonds.